The molecule has 3 rings (SSSR count). The number of aromatic nitrogens is 2. The molecule has 1 aliphatic heterocycles. The van der Waals surface area contributed by atoms with E-state index in [1.807, 2.05) is 17.0 Å². The SMILES string of the molecule is C[C@@H]1CN(C(=O)c2nn(C)cc2Br)CCN1CCc1ccc(F)cc1. The fraction of sp³-hybridized carbons (Fsp3) is 0.444. The Bertz CT molecular complexity index is 746. The van der Waals surface area contributed by atoms with Gasteiger partial charge in [-0.3, -0.25) is 14.4 Å². The maximum atomic E-state index is 13.0. The molecule has 1 saturated heterocycles. The Balaban J connectivity index is 1.56. The molecule has 134 valence electrons. The lowest BCUT2D eigenvalue weighted by atomic mass is 10.1. The van der Waals surface area contributed by atoms with Crippen LogP contribution in [0.2, 0.25) is 0 Å². The molecule has 25 heavy (non-hydrogen) atoms. The molecule has 0 unspecified atom stereocenters. The predicted octanol–water partition coefficient (Wildman–Crippen LogP) is 2.71. The van der Waals surface area contributed by atoms with Crippen molar-refractivity contribution < 1.29 is 9.18 Å². The average molecular weight is 409 g/mol. The molecule has 2 aromatic rings. The van der Waals surface area contributed by atoms with E-state index in [-0.39, 0.29) is 17.8 Å². The first-order valence-electron chi connectivity index (χ1n) is 8.41. The van der Waals surface area contributed by atoms with Crippen LogP contribution < -0.4 is 0 Å². The van der Waals surface area contributed by atoms with Crippen LogP contribution in [0.3, 0.4) is 0 Å². The number of aryl methyl sites for hydroxylation is 1. The quantitative estimate of drug-likeness (QED) is 0.780. The van der Waals surface area contributed by atoms with Gasteiger partial charge in [-0.15, -0.1) is 0 Å². The van der Waals surface area contributed by atoms with Gasteiger partial charge in [-0.2, -0.15) is 5.10 Å². The molecule has 0 bridgehead atoms. The van der Waals surface area contributed by atoms with Crippen molar-refractivity contribution in [3.63, 3.8) is 0 Å². The van der Waals surface area contributed by atoms with Gasteiger partial charge in [-0.05, 0) is 47.0 Å². The molecule has 7 heteroatoms. The van der Waals surface area contributed by atoms with Crippen LogP contribution in [0, 0.1) is 5.82 Å². The molecule has 1 atom stereocenters. The number of halogens is 2. The van der Waals surface area contributed by atoms with E-state index in [1.54, 1.807) is 17.9 Å². The largest absolute Gasteiger partial charge is 0.334 e. The fourth-order valence-corrected chi connectivity index (χ4v) is 3.74. The lowest BCUT2D eigenvalue weighted by Crippen LogP contribution is -2.54. The number of rotatable bonds is 4. The maximum absolute atomic E-state index is 13.0. The van der Waals surface area contributed by atoms with Crippen molar-refractivity contribution in [1.82, 2.24) is 19.6 Å². The van der Waals surface area contributed by atoms with Crippen LogP contribution in [0.1, 0.15) is 23.0 Å². The van der Waals surface area contributed by atoms with E-state index in [0.29, 0.717) is 18.8 Å². The third kappa shape index (κ3) is 4.27. The van der Waals surface area contributed by atoms with E-state index < -0.39 is 0 Å². The van der Waals surface area contributed by atoms with Crippen LogP contribution in [0.5, 0.6) is 0 Å². The average Bonchev–Trinajstić information content (AvgIpc) is 2.93. The predicted molar refractivity (Wildman–Crippen MR) is 98.0 cm³/mol. The highest BCUT2D eigenvalue weighted by atomic mass is 79.9. The molecule has 1 fully saturated rings. The van der Waals surface area contributed by atoms with Gasteiger partial charge in [-0.25, -0.2) is 4.39 Å². The van der Waals surface area contributed by atoms with E-state index in [9.17, 15) is 9.18 Å². The van der Waals surface area contributed by atoms with Crippen molar-refractivity contribution in [2.75, 3.05) is 26.2 Å². The number of hydrogen-bond donors (Lipinski definition) is 0. The molecule has 0 aliphatic carbocycles. The summed E-state index contributed by atoms with van der Waals surface area (Å²) < 4.78 is 15.3. The molecule has 0 N–H and O–H groups in total. The van der Waals surface area contributed by atoms with Crippen molar-refractivity contribution in [2.45, 2.75) is 19.4 Å². The van der Waals surface area contributed by atoms with E-state index in [2.05, 4.69) is 32.9 Å². The third-order valence-electron chi connectivity index (χ3n) is 4.64. The Morgan fingerprint density at radius 2 is 2.04 bits per heavy atom. The van der Waals surface area contributed by atoms with Crippen molar-refractivity contribution in [3.05, 3.63) is 52.0 Å². The molecule has 0 spiro atoms. The Kier molecular flexibility index (Phi) is 5.54. The summed E-state index contributed by atoms with van der Waals surface area (Å²) in [6.07, 6.45) is 2.67. The van der Waals surface area contributed by atoms with Crippen LogP contribution in [-0.2, 0) is 13.5 Å². The topological polar surface area (TPSA) is 41.4 Å². The van der Waals surface area contributed by atoms with Gasteiger partial charge in [0.15, 0.2) is 5.69 Å². The molecule has 0 saturated carbocycles. The molecule has 5 nitrogen and oxygen atoms in total. The molecule has 1 aliphatic rings. The zero-order chi connectivity index (χ0) is 18.0. The van der Waals surface area contributed by atoms with Crippen LogP contribution in [-0.4, -0.2) is 57.7 Å². The van der Waals surface area contributed by atoms with Crippen molar-refractivity contribution in [1.29, 1.82) is 0 Å². The summed E-state index contributed by atoms with van der Waals surface area (Å²) in [4.78, 5) is 16.9. The summed E-state index contributed by atoms with van der Waals surface area (Å²) in [5.41, 5.74) is 1.60. The van der Waals surface area contributed by atoms with Gasteiger partial charge in [0.1, 0.15) is 5.82 Å². The number of amides is 1. The number of nitrogens with zero attached hydrogens (tertiary/aromatic N) is 4. The van der Waals surface area contributed by atoms with Gasteiger partial charge in [-0.1, -0.05) is 12.1 Å². The summed E-state index contributed by atoms with van der Waals surface area (Å²) in [6.45, 7) is 5.25. The van der Waals surface area contributed by atoms with Gasteiger partial charge in [0.25, 0.3) is 5.91 Å². The van der Waals surface area contributed by atoms with Gasteiger partial charge in [0.2, 0.25) is 0 Å². The monoisotopic (exact) mass is 408 g/mol. The zero-order valence-corrected chi connectivity index (χ0v) is 16.0. The van der Waals surface area contributed by atoms with Gasteiger partial charge in [0.05, 0.1) is 4.47 Å². The van der Waals surface area contributed by atoms with Crippen LogP contribution in [0.25, 0.3) is 0 Å². The second-order valence-corrected chi connectivity index (χ2v) is 7.37. The third-order valence-corrected chi connectivity index (χ3v) is 5.22. The lowest BCUT2D eigenvalue weighted by molar-refractivity contribution is 0.0511. The van der Waals surface area contributed by atoms with Gasteiger partial charge in [0, 0.05) is 45.5 Å². The highest BCUT2D eigenvalue weighted by Gasteiger charge is 2.29. The van der Waals surface area contributed by atoms with Crippen molar-refractivity contribution >= 4 is 21.8 Å². The van der Waals surface area contributed by atoms with E-state index >= 15 is 0 Å². The highest BCUT2D eigenvalue weighted by molar-refractivity contribution is 9.10. The summed E-state index contributed by atoms with van der Waals surface area (Å²) in [5, 5.41) is 4.25. The molecular formula is C18H22BrFN4O. The lowest BCUT2D eigenvalue weighted by Gasteiger charge is -2.39. The number of benzene rings is 1. The first-order chi connectivity index (χ1) is 11.9. The van der Waals surface area contributed by atoms with E-state index in [1.165, 1.54) is 12.1 Å². The summed E-state index contributed by atoms with van der Waals surface area (Å²) >= 11 is 3.40. The highest BCUT2D eigenvalue weighted by Crippen LogP contribution is 2.19. The summed E-state index contributed by atoms with van der Waals surface area (Å²) in [5.74, 6) is -0.234. The summed E-state index contributed by atoms with van der Waals surface area (Å²) in [6, 6.07) is 6.94. The Hall–Kier alpha value is -1.73. The van der Waals surface area contributed by atoms with Crippen LogP contribution in [0.4, 0.5) is 4.39 Å². The minimum absolute atomic E-state index is 0.0301. The van der Waals surface area contributed by atoms with E-state index in [0.717, 1.165) is 29.5 Å². The zero-order valence-electron chi connectivity index (χ0n) is 14.5. The van der Waals surface area contributed by atoms with E-state index in [4.69, 9.17) is 0 Å². The number of piperazine rings is 1. The Morgan fingerprint density at radius 1 is 1.32 bits per heavy atom. The number of carbonyl (C=O) groups excluding carboxylic acids is 1. The normalized spacial score (nSPS) is 18.6. The molecule has 0 radical (unpaired) electrons. The smallest absolute Gasteiger partial charge is 0.275 e. The van der Waals surface area contributed by atoms with Gasteiger partial charge < -0.3 is 4.90 Å². The van der Waals surface area contributed by atoms with Crippen LogP contribution in [0.15, 0.2) is 34.9 Å². The summed E-state index contributed by atoms with van der Waals surface area (Å²) in [7, 11) is 1.80. The molecule has 1 aromatic carbocycles. The first-order valence-corrected chi connectivity index (χ1v) is 9.20. The van der Waals surface area contributed by atoms with Crippen molar-refractivity contribution in [3.8, 4) is 0 Å². The second-order valence-electron chi connectivity index (χ2n) is 6.51. The molecule has 1 aromatic heterocycles. The molecular weight excluding hydrogens is 387 g/mol. The van der Waals surface area contributed by atoms with Crippen LogP contribution >= 0.6 is 15.9 Å². The fourth-order valence-electron chi connectivity index (χ4n) is 3.19. The second kappa shape index (κ2) is 7.66. The standard InChI is InChI=1S/C18H22BrFN4O/c1-13-11-24(18(25)17-16(19)12-22(2)21-17)10-9-23(13)8-7-14-3-5-15(20)6-4-14/h3-6,12-13H,7-11H2,1-2H3/t13-/m1/s1. The molecule has 1 amide bonds. The first kappa shape index (κ1) is 18.1. The maximum Gasteiger partial charge on any atom is 0.275 e. The minimum atomic E-state index is -0.204. The molecule has 2 heterocycles. The number of carbonyl (C=O) groups is 1. The minimum Gasteiger partial charge on any atom is -0.334 e. The van der Waals surface area contributed by atoms with Crippen molar-refractivity contribution in [2.24, 2.45) is 7.05 Å². The Labute approximate surface area is 155 Å². The Morgan fingerprint density at radius 3 is 2.64 bits per heavy atom. The van der Waals surface area contributed by atoms with Gasteiger partial charge >= 0.3 is 0 Å². The number of hydrogen-bond acceptors (Lipinski definition) is 3.